The van der Waals surface area contributed by atoms with Crippen LogP contribution in [-0.4, -0.2) is 0 Å². The third-order valence-electron chi connectivity index (χ3n) is 4.31. The van der Waals surface area contributed by atoms with Gasteiger partial charge in [0.2, 0.25) is 0 Å². The molecule has 0 heterocycles. The van der Waals surface area contributed by atoms with Crippen molar-refractivity contribution in [3.8, 4) is 0 Å². The average molecular weight is 204 g/mol. The molecule has 0 saturated carbocycles. The normalized spacial score (nSPS) is 35.9. The summed E-state index contributed by atoms with van der Waals surface area (Å²) in [6.07, 6.45) is 8.99. The Balaban J connectivity index is 2.30. The SMILES string of the molecule is CC1=C2CC(C)C=CC2C(C(C)C)CC1. The summed E-state index contributed by atoms with van der Waals surface area (Å²) in [5, 5.41) is 0. The van der Waals surface area contributed by atoms with Gasteiger partial charge in [0.1, 0.15) is 0 Å². The van der Waals surface area contributed by atoms with Gasteiger partial charge in [0.15, 0.2) is 0 Å². The van der Waals surface area contributed by atoms with Crippen molar-refractivity contribution in [1.82, 2.24) is 0 Å². The van der Waals surface area contributed by atoms with Crippen molar-refractivity contribution in [2.24, 2.45) is 23.7 Å². The molecule has 0 aromatic rings. The van der Waals surface area contributed by atoms with Gasteiger partial charge in [0.25, 0.3) is 0 Å². The zero-order valence-electron chi connectivity index (χ0n) is 10.6. The molecule has 15 heavy (non-hydrogen) atoms. The maximum atomic E-state index is 2.50. The fourth-order valence-corrected chi connectivity index (χ4v) is 3.31. The zero-order valence-corrected chi connectivity index (χ0v) is 10.6. The minimum Gasteiger partial charge on any atom is -0.0848 e. The number of fused-ring (bicyclic) bond motifs is 1. The van der Waals surface area contributed by atoms with Crippen LogP contribution in [0, 0.1) is 23.7 Å². The smallest absolute Gasteiger partial charge is 0.00105 e. The molecule has 0 heteroatoms. The molecule has 2 aliphatic rings. The Morgan fingerprint density at radius 1 is 1.27 bits per heavy atom. The van der Waals surface area contributed by atoms with E-state index in [2.05, 4.69) is 39.8 Å². The van der Waals surface area contributed by atoms with Crippen LogP contribution in [-0.2, 0) is 0 Å². The fraction of sp³-hybridized carbons (Fsp3) is 0.733. The van der Waals surface area contributed by atoms with Crippen LogP contribution in [0.25, 0.3) is 0 Å². The molecule has 0 amide bonds. The van der Waals surface area contributed by atoms with Crippen LogP contribution in [0.15, 0.2) is 23.3 Å². The van der Waals surface area contributed by atoms with E-state index >= 15 is 0 Å². The van der Waals surface area contributed by atoms with E-state index in [1.165, 1.54) is 19.3 Å². The first kappa shape index (κ1) is 11.0. The molecule has 0 saturated heterocycles. The van der Waals surface area contributed by atoms with Gasteiger partial charge < -0.3 is 0 Å². The van der Waals surface area contributed by atoms with Gasteiger partial charge in [-0.15, -0.1) is 0 Å². The van der Waals surface area contributed by atoms with Crippen molar-refractivity contribution in [3.05, 3.63) is 23.3 Å². The van der Waals surface area contributed by atoms with Crippen LogP contribution < -0.4 is 0 Å². The van der Waals surface area contributed by atoms with E-state index in [1.54, 1.807) is 11.1 Å². The molecular formula is C15H24. The fourth-order valence-electron chi connectivity index (χ4n) is 3.31. The van der Waals surface area contributed by atoms with Crippen molar-refractivity contribution in [3.63, 3.8) is 0 Å². The summed E-state index contributed by atoms with van der Waals surface area (Å²) in [5.74, 6) is 3.26. The Kier molecular flexibility index (Phi) is 3.04. The van der Waals surface area contributed by atoms with Crippen molar-refractivity contribution in [2.45, 2.75) is 47.0 Å². The summed E-state index contributed by atoms with van der Waals surface area (Å²) in [6, 6.07) is 0. The van der Waals surface area contributed by atoms with Crippen molar-refractivity contribution >= 4 is 0 Å². The number of rotatable bonds is 1. The Morgan fingerprint density at radius 3 is 2.67 bits per heavy atom. The topological polar surface area (TPSA) is 0 Å². The molecule has 0 aromatic carbocycles. The van der Waals surface area contributed by atoms with Crippen LogP contribution in [0.2, 0.25) is 0 Å². The van der Waals surface area contributed by atoms with Crippen molar-refractivity contribution in [1.29, 1.82) is 0 Å². The molecule has 0 N–H and O–H groups in total. The minimum atomic E-state index is 0.761. The molecule has 2 aliphatic carbocycles. The molecule has 2 rings (SSSR count). The van der Waals surface area contributed by atoms with Crippen LogP contribution in [0.5, 0.6) is 0 Å². The van der Waals surface area contributed by atoms with E-state index in [0.717, 1.165) is 23.7 Å². The zero-order chi connectivity index (χ0) is 11.0. The second kappa shape index (κ2) is 4.15. The highest BCUT2D eigenvalue weighted by molar-refractivity contribution is 5.28. The van der Waals surface area contributed by atoms with Crippen LogP contribution in [0.4, 0.5) is 0 Å². The second-order valence-electron chi connectivity index (χ2n) is 5.84. The second-order valence-corrected chi connectivity index (χ2v) is 5.84. The molecule has 0 fully saturated rings. The van der Waals surface area contributed by atoms with E-state index in [1.807, 2.05) is 0 Å². The molecule has 0 spiro atoms. The molecule has 0 aliphatic heterocycles. The van der Waals surface area contributed by atoms with Crippen molar-refractivity contribution in [2.75, 3.05) is 0 Å². The highest BCUT2D eigenvalue weighted by atomic mass is 14.4. The van der Waals surface area contributed by atoms with Crippen LogP contribution >= 0.6 is 0 Å². The summed E-state index contributed by atoms with van der Waals surface area (Å²) in [4.78, 5) is 0. The monoisotopic (exact) mass is 204 g/mol. The van der Waals surface area contributed by atoms with E-state index < -0.39 is 0 Å². The average Bonchev–Trinajstić information content (AvgIpc) is 2.19. The van der Waals surface area contributed by atoms with Crippen molar-refractivity contribution < 1.29 is 0 Å². The maximum absolute atomic E-state index is 2.50. The Labute approximate surface area is 94.5 Å². The lowest BCUT2D eigenvalue weighted by molar-refractivity contribution is 0.274. The molecule has 3 unspecified atom stereocenters. The van der Waals surface area contributed by atoms with Gasteiger partial charge in [-0.05, 0) is 43.9 Å². The molecular weight excluding hydrogens is 180 g/mol. The summed E-state index contributed by atoms with van der Waals surface area (Å²) in [7, 11) is 0. The highest BCUT2D eigenvalue weighted by Crippen LogP contribution is 2.44. The Hall–Kier alpha value is -0.520. The first-order chi connectivity index (χ1) is 7.09. The Morgan fingerprint density at radius 2 is 2.00 bits per heavy atom. The van der Waals surface area contributed by atoms with E-state index in [4.69, 9.17) is 0 Å². The van der Waals surface area contributed by atoms with Gasteiger partial charge in [-0.3, -0.25) is 0 Å². The molecule has 0 radical (unpaired) electrons. The first-order valence-corrected chi connectivity index (χ1v) is 6.46. The van der Waals surface area contributed by atoms with Gasteiger partial charge in [0, 0.05) is 5.92 Å². The van der Waals surface area contributed by atoms with Gasteiger partial charge in [0.05, 0.1) is 0 Å². The van der Waals surface area contributed by atoms with Gasteiger partial charge in [-0.1, -0.05) is 44.1 Å². The molecule has 3 atom stereocenters. The summed E-state index contributed by atoms with van der Waals surface area (Å²) in [5.41, 5.74) is 3.46. The lowest BCUT2D eigenvalue weighted by atomic mass is 9.66. The van der Waals surface area contributed by atoms with Crippen LogP contribution in [0.3, 0.4) is 0 Å². The lowest BCUT2D eigenvalue weighted by Crippen LogP contribution is -2.27. The van der Waals surface area contributed by atoms with E-state index in [9.17, 15) is 0 Å². The molecule has 84 valence electrons. The summed E-state index contributed by atoms with van der Waals surface area (Å²) < 4.78 is 0. The quantitative estimate of drug-likeness (QED) is 0.548. The summed E-state index contributed by atoms with van der Waals surface area (Å²) >= 11 is 0. The van der Waals surface area contributed by atoms with Gasteiger partial charge >= 0.3 is 0 Å². The van der Waals surface area contributed by atoms with Gasteiger partial charge in [-0.25, -0.2) is 0 Å². The first-order valence-electron chi connectivity index (χ1n) is 6.46. The van der Waals surface area contributed by atoms with Crippen LogP contribution in [0.1, 0.15) is 47.0 Å². The maximum Gasteiger partial charge on any atom is 0.00105 e. The minimum absolute atomic E-state index is 0.761. The predicted octanol–water partition coefficient (Wildman–Crippen LogP) is 4.58. The largest absolute Gasteiger partial charge is 0.0848 e. The molecule has 0 nitrogen and oxygen atoms in total. The lowest BCUT2D eigenvalue weighted by Gasteiger charge is -2.39. The number of hydrogen-bond acceptors (Lipinski definition) is 0. The standard InChI is InChI=1S/C15H24/c1-10(2)13-8-6-12(4)15-9-11(3)5-7-14(13)15/h5,7,10-11,13-14H,6,8-9H2,1-4H3. The summed E-state index contributed by atoms with van der Waals surface area (Å²) in [6.45, 7) is 9.46. The third-order valence-corrected chi connectivity index (χ3v) is 4.31. The van der Waals surface area contributed by atoms with Gasteiger partial charge in [-0.2, -0.15) is 0 Å². The third kappa shape index (κ3) is 2.04. The molecule has 0 aromatic heterocycles. The number of allylic oxidation sites excluding steroid dienone is 4. The number of hydrogen-bond donors (Lipinski definition) is 0. The predicted molar refractivity (Wildman–Crippen MR) is 66.7 cm³/mol. The van der Waals surface area contributed by atoms with E-state index in [-0.39, 0.29) is 0 Å². The highest BCUT2D eigenvalue weighted by Gasteiger charge is 2.32. The molecule has 0 bridgehead atoms. The Bertz CT molecular complexity index is 293. The van der Waals surface area contributed by atoms with E-state index in [0.29, 0.717) is 0 Å².